The van der Waals surface area contributed by atoms with E-state index in [9.17, 15) is 4.79 Å². The van der Waals surface area contributed by atoms with E-state index in [-0.39, 0.29) is 36.6 Å². The second kappa shape index (κ2) is 3.07. The summed E-state index contributed by atoms with van der Waals surface area (Å²) in [5.41, 5.74) is 0. The lowest BCUT2D eigenvalue weighted by Crippen LogP contribution is -2.57. The van der Waals surface area contributed by atoms with Gasteiger partial charge in [-0.2, -0.15) is 0 Å². The summed E-state index contributed by atoms with van der Waals surface area (Å²) in [6, 6.07) is 0. The van der Waals surface area contributed by atoms with E-state index in [1.807, 2.05) is 13.8 Å². The highest BCUT2D eigenvalue weighted by Gasteiger charge is 2.46. The Morgan fingerprint density at radius 2 is 1.92 bits per heavy atom. The summed E-state index contributed by atoms with van der Waals surface area (Å²) in [6.07, 6.45) is 0.117. The van der Waals surface area contributed by atoms with E-state index in [0.717, 1.165) is 0 Å². The maximum Gasteiger partial charge on any atom is 0.187 e. The molecule has 74 valence electrons. The van der Waals surface area contributed by atoms with Crippen LogP contribution in [-0.2, 0) is 14.3 Å². The van der Waals surface area contributed by atoms with Crippen LogP contribution in [-0.4, -0.2) is 30.7 Å². The van der Waals surface area contributed by atoms with Crippen molar-refractivity contribution in [2.45, 2.75) is 39.1 Å². The quantitative estimate of drug-likeness (QED) is 0.563. The molecule has 5 atom stereocenters. The molecule has 3 heteroatoms. The van der Waals surface area contributed by atoms with Crippen molar-refractivity contribution in [2.24, 2.45) is 11.8 Å². The minimum atomic E-state index is -0.218. The lowest BCUT2D eigenvalue weighted by atomic mass is 9.80. The number of carbonyl (C=O) groups is 1. The van der Waals surface area contributed by atoms with Gasteiger partial charge in [0, 0.05) is 11.8 Å². The van der Waals surface area contributed by atoms with Gasteiger partial charge in [-0.3, -0.25) is 4.79 Å². The van der Waals surface area contributed by atoms with Gasteiger partial charge in [-0.25, -0.2) is 0 Å². The van der Waals surface area contributed by atoms with Gasteiger partial charge in [0.15, 0.2) is 5.78 Å². The van der Waals surface area contributed by atoms with Crippen LogP contribution < -0.4 is 0 Å². The Labute approximate surface area is 78.4 Å². The Balaban J connectivity index is 2.22. The third-order valence-electron chi connectivity index (χ3n) is 3.35. The largest absolute Gasteiger partial charge is 0.370 e. The fourth-order valence-electron chi connectivity index (χ4n) is 2.33. The van der Waals surface area contributed by atoms with Crippen molar-refractivity contribution in [3.63, 3.8) is 0 Å². The Morgan fingerprint density at radius 1 is 1.23 bits per heavy atom. The molecule has 0 unspecified atom stereocenters. The summed E-state index contributed by atoms with van der Waals surface area (Å²) in [6.45, 7) is 6.40. The Kier molecular flexibility index (Phi) is 2.16. The highest BCUT2D eigenvalue weighted by molar-refractivity contribution is 5.85. The topological polar surface area (TPSA) is 35.5 Å². The van der Waals surface area contributed by atoms with Gasteiger partial charge in [-0.05, 0) is 6.92 Å². The van der Waals surface area contributed by atoms with E-state index >= 15 is 0 Å². The number of Topliss-reactive ketones (excluding diaryl/α,β-unsaturated/α-hetero) is 1. The summed E-state index contributed by atoms with van der Waals surface area (Å²) >= 11 is 0. The van der Waals surface area contributed by atoms with E-state index in [1.165, 1.54) is 0 Å². The minimum Gasteiger partial charge on any atom is -0.370 e. The summed E-state index contributed by atoms with van der Waals surface area (Å²) in [4.78, 5) is 11.4. The monoisotopic (exact) mass is 184 g/mol. The molecular weight excluding hydrogens is 168 g/mol. The molecule has 0 amide bonds. The van der Waals surface area contributed by atoms with Crippen molar-refractivity contribution in [1.82, 2.24) is 0 Å². The van der Waals surface area contributed by atoms with Gasteiger partial charge >= 0.3 is 0 Å². The van der Waals surface area contributed by atoms with Crippen molar-refractivity contribution in [1.29, 1.82) is 0 Å². The first-order valence-electron chi connectivity index (χ1n) is 4.91. The minimum absolute atomic E-state index is 0.0995. The number of ether oxygens (including phenoxy) is 2. The number of hydrogen-bond acceptors (Lipinski definition) is 3. The predicted molar refractivity (Wildman–Crippen MR) is 47.4 cm³/mol. The fourth-order valence-corrected chi connectivity index (χ4v) is 2.33. The van der Waals surface area contributed by atoms with Crippen molar-refractivity contribution in [3.05, 3.63) is 0 Å². The number of fused-ring (bicyclic) bond motifs is 2. The first-order chi connectivity index (χ1) is 6.11. The second-order valence-electron chi connectivity index (χ2n) is 4.22. The van der Waals surface area contributed by atoms with Gasteiger partial charge in [0.05, 0.1) is 12.2 Å². The molecule has 2 saturated heterocycles. The van der Waals surface area contributed by atoms with Crippen LogP contribution in [0.1, 0.15) is 20.8 Å². The smallest absolute Gasteiger partial charge is 0.187 e. The van der Waals surface area contributed by atoms with Crippen LogP contribution in [0.4, 0.5) is 0 Å². The highest BCUT2D eigenvalue weighted by Crippen LogP contribution is 2.35. The molecule has 0 aromatic rings. The normalized spacial score (nSPS) is 50.7. The lowest BCUT2D eigenvalue weighted by molar-refractivity contribution is -0.208. The zero-order valence-corrected chi connectivity index (χ0v) is 8.32. The number of rotatable bonds is 0. The van der Waals surface area contributed by atoms with E-state index in [0.29, 0.717) is 5.92 Å². The molecule has 0 aliphatic carbocycles. The molecule has 0 aromatic carbocycles. The van der Waals surface area contributed by atoms with Crippen molar-refractivity contribution in [3.8, 4) is 0 Å². The van der Waals surface area contributed by atoms with Crippen molar-refractivity contribution >= 4 is 5.78 Å². The molecule has 3 nitrogen and oxygen atoms in total. The van der Waals surface area contributed by atoms with Gasteiger partial charge in [-0.15, -0.1) is 0 Å². The van der Waals surface area contributed by atoms with Crippen LogP contribution in [0.25, 0.3) is 0 Å². The van der Waals surface area contributed by atoms with Gasteiger partial charge in [-0.1, -0.05) is 13.8 Å². The molecule has 2 aliphatic heterocycles. The SMILES string of the molecule is C[C@@H]1[C@@H]2OCC(=O)[C@H](O[C@@H]1C)[C@H]2C. The Morgan fingerprint density at radius 3 is 2.62 bits per heavy atom. The molecule has 13 heavy (non-hydrogen) atoms. The number of hydrogen-bond donors (Lipinski definition) is 0. The maximum absolute atomic E-state index is 11.4. The second-order valence-corrected chi connectivity index (χ2v) is 4.22. The third-order valence-corrected chi connectivity index (χ3v) is 3.35. The molecule has 0 aromatic heterocycles. The molecule has 2 heterocycles. The zero-order chi connectivity index (χ0) is 9.59. The molecule has 0 N–H and O–H groups in total. The van der Waals surface area contributed by atoms with E-state index in [4.69, 9.17) is 9.47 Å². The third kappa shape index (κ3) is 1.30. The zero-order valence-electron chi connectivity index (χ0n) is 8.32. The van der Waals surface area contributed by atoms with E-state index < -0.39 is 0 Å². The van der Waals surface area contributed by atoms with Gasteiger partial charge < -0.3 is 9.47 Å². The van der Waals surface area contributed by atoms with Gasteiger partial charge in [0.25, 0.3) is 0 Å². The van der Waals surface area contributed by atoms with Crippen molar-refractivity contribution in [2.75, 3.05) is 6.61 Å². The Hall–Kier alpha value is -0.410. The average Bonchev–Trinajstić information content (AvgIpc) is 2.09. The summed E-state index contributed by atoms with van der Waals surface area (Å²) < 4.78 is 11.2. The molecule has 0 spiro atoms. The van der Waals surface area contributed by atoms with Gasteiger partial charge in [0.2, 0.25) is 0 Å². The molecule has 2 bridgehead atoms. The highest BCUT2D eigenvalue weighted by atomic mass is 16.5. The molecule has 2 rings (SSSR count). The molecular formula is C10H16O3. The fraction of sp³-hybridized carbons (Fsp3) is 0.900. The summed E-state index contributed by atoms with van der Waals surface area (Å²) in [5, 5.41) is 0. The molecule has 0 radical (unpaired) electrons. The van der Waals surface area contributed by atoms with Crippen molar-refractivity contribution < 1.29 is 14.3 Å². The van der Waals surface area contributed by atoms with Gasteiger partial charge in [0.1, 0.15) is 12.7 Å². The molecule has 2 fully saturated rings. The summed E-state index contributed by atoms with van der Waals surface area (Å²) in [5.74, 6) is 0.703. The van der Waals surface area contributed by atoms with Crippen LogP contribution in [0.2, 0.25) is 0 Å². The maximum atomic E-state index is 11.4. The first kappa shape index (κ1) is 9.16. The predicted octanol–water partition coefficient (Wildman–Crippen LogP) is 1.01. The molecule has 2 aliphatic rings. The van der Waals surface area contributed by atoms with Crippen LogP contribution in [0.5, 0.6) is 0 Å². The average molecular weight is 184 g/mol. The number of carbonyl (C=O) groups excluding carboxylic acids is 1. The van der Waals surface area contributed by atoms with E-state index in [2.05, 4.69) is 6.92 Å². The van der Waals surface area contributed by atoms with Crippen LogP contribution >= 0.6 is 0 Å². The van der Waals surface area contributed by atoms with Crippen LogP contribution in [0.15, 0.2) is 0 Å². The lowest BCUT2D eigenvalue weighted by Gasteiger charge is -2.46. The van der Waals surface area contributed by atoms with Crippen LogP contribution in [0, 0.1) is 11.8 Å². The number of ketones is 1. The van der Waals surface area contributed by atoms with Crippen LogP contribution in [0.3, 0.4) is 0 Å². The molecule has 0 saturated carbocycles. The standard InChI is InChI=1S/C10H16O3/c1-5-7(3)13-10-6(2)9(5)12-4-8(10)11/h5-7,9-10H,4H2,1-3H3/t5-,6-,7+,9-,10+/m0/s1. The Bertz CT molecular complexity index is 226. The summed E-state index contributed by atoms with van der Waals surface area (Å²) in [7, 11) is 0. The first-order valence-corrected chi connectivity index (χ1v) is 4.91. The van der Waals surface area contributed by atoms with E-state index in [1.54, 1.807) is 0 Å².